The predicted molar refractivity (Wildman–Crippen MR) is 27.1 cm³/mol. The van der Waals surface area contributed by atoms with E-state index in [1.54, 1.807) is 6.08 Å². The highest BCUT2D eigenvalue weighted by Gasteiger charge is 2.39. The zero-order valence-electron chi connectivity index (χ0n) is 4.13. The number of carbonyl (C=O) groups excluding carboxylic acids is 1. The predicted octanol–water partition coefficient (Wildman–Crippen LogP) is 0.408. The lowest BCUT2D eigenvalue weighted by Gasteiger charge is -1.81. The summed E-state index contributed by atoms with van der Waals surface area (Å²) < 4.78 is 4.84. The summed E-state index contributed by atoms with van der Waals surface area (Å²) in [5.41, 5.74) is 0. The lowest BCUT2D eigenvalue weighted by molar-refractivity contribution is -0.115. The van der Waals surface area contributed by atoms with Crippen LogP contribution < -0.4 is 0 Å². The molecule has 0 saturated carbocycles. The highest BCUT2D eigenvalue weighted by molar-refractivity contribution is 5.99. The van der Waals surface area contributed by atoms with E-state index in [1.807, 2.05) is 6.08 Å². The minimum atomic E-state index is -0.194. The molecule has 0 aromatic heterocycles. The van der Waals surface area contributed by atoms with Gasteiger partial charge in [0.25, 0.3) is 0 Å². The summed E-state index contributed by atoms with van der Waals surface area (Å²) >= 11 is 0. The number of ether oxygens (including phenoxy) is 1. The van der Waals surface area contributed by atoms with Gasteiger partial charge in [-0.15, -0.1) is 0 Å². The highest BCUT2D eigenvalue weighted by atomic mass is 16.6. The third-order valence-electron chi connectivity index (χ3n) is 1.23. The molecule has 0 aromatic carbocycles. The van der Waals surface area contributed by atoms with E-state index in [-0.39, 0.29) is 11.9 Å². The first-order valence-electron chi connectivity index (χ1n) is 2.47. The second-order valence-corrected chi connectivity index (χ2v) is 1.83. The maximum atomic E-state index is 10.6. The Hall–Kier alpha value is -1.05. The maximum Gasteiger partial charge on any atom is 0.217 e. The van der Waals surface area contributed by atoms with Gasteiger partial charge in [0.1, 0.15) is 5.76 Å². The molecule has 0 amide bonds. The number of rotatable bonds is 0. The first-order chi connectivity index (χ1) is 3.88. The van der Waals surface area contributed by atoms with Crippen LogP contribution in [0.1, 0.15) is 0 Å². The van der Waals surface area contributed by atoms with Crippen molar-refractivity contribution in [3.05, 3.63) is 24.0 Å². The van der Waals surface area contributed by atoms with E-state index >= 15 is 0 Å². The summed E-state index contributed by atoms with van der Waals surface area (Å²) in [5.74, 6) is 0.889. The topological polar surface area (TPSA) is 29.6 Å². The maximum absolute atomic E-state index is 10.6. The second kappa shape index (κ2) is 1.02. The van der Waals surface area contributed by atoms with Crippen LogP contribution in [0.3, 0.4) is 0 Å². The van der Waals surface area contributed by atoms with Crippen LogP contribution in [0.2, 0.25) is 0 Å². The Labute approximate surface area is 46.4 Å². The Bertz CT molecular complexity index is 199. The zero-order chi connectivity index (χ0) is 5.56. The molecule has 1 aliphatic carbocycles. The number of allylic oxidation sites excluding steroid dienone is 2. The second-order valence-electron chi connectivity index (χ2n) is 1.83. The van der Waals surface area contributed by atoms with Gasteiger partial charge in [-0.2, -0.15) is 0 Å². The first-order valence-corrected chi connectivity index (χ1v) is 2.47. The van der Waals surface area contributed by atoms with Crippen molar-refractivity contribution in [1.29, 1.82) is 0 Å². The number of fused-ring (bicyclic) bond motifs is 1. The van der Waals surface area contributed by atoms with Crippen molar-refractivity contribution in [2.24, 2.45) is 0 Å². The minimum absolute atomic E-state index is 0.0718. The van der Waals surface area contributed by atoms with Gasteiger partial charge < -0.3 is 4.74 Å². The molecule has 2 aliphatic rings. The van der Waals surface area contributed by atoms with Gasteiger partial charge in [0.2, 0.25) is 11.9 Å². The van der Waals surface area contributed by atoms with Crippen molar-refractivity contribution < 1.29 is 9.53 Å². The van der Waals surface area contributed by atoms with E-state index in [4.69, 9.17) is 4.74 Å². The molecule has 8 heavy (non-hydrogen) atoms. The van der Waals surface area contributed by atoms with Gasteiger partial charge in [-0.25, -0.2) is 0 Å². The molecule has 0 spiro atoms. The Morgan fingerprint density at radius 3 is 3.12 bits per heavy atom. The fourth-order valence-electron chi connectivity index (χ4n) is 0.752. The SMILES string of the molecule is O=C1C=CC=C2OC12. The fraction of sp³-hybridized carbons (Fsp3) is 0.167. The number of hydrogen-bond acceptors (Lipinski definition) is 2. The molecule has 1 saturated heterocycles. The lowest BCUT2D eigenvalue weighted by Crippen LogP contribution is -2.02. The van der Waals surface area contributed by atoms with Gasteiger partial charge in [0, 0.05) is 0 Å². The fourth-order valence-corrected chi connectivity index (χ4v) is 0.752. The number of carbonyl (C=O) groups is 1. The van der Waals surface area contributed by atoms with Crippen molar-refractivity contribution in [3.8, 4) is 0 Å². The average Bonchev–Trinajstić information content (AvgIpc) is 2.45. The van der Waals surface area contributed by atoms with Crippen molar-refractivity contribution in [2.75, 3.05) is 0 Å². The average molecular weight is 108 g/mol. The van der Waals surface area contributed by atoms with E-state index in [0.717, 1.165) is 5.76 Å². The third kappa shape index (κ3) is 0.346. The molecular weight excluding hydrogens is 104 g/mol. The monoisotopic (exact) mass is 108 g/mol. The summed E-state index contributed by atoms with van der Waals surface area (Å²) in [7, 11) is 0. The summed E-state index contributed by atoms with van der Waals surface area (Å²) in [6, 6.07) is 0. The molecule has 2 nitrogen and oxygen atoms in total. The van der Waals surface area contributed by atoms with Gasteiger partial charge in [-0.05, 0) is 12.2 Å². The van der Waals surface area contributed by atoms with Crippen LogP contribution in [-0.2, 0) is 9.53 Å². The van der Waals surface area contributed by atoms with Crippen LogP contribution in [0.4, 0.5) is 0 Å². The summed E-state index contributed by atoms with van der Waals surface area (Å²) in [6.07, 6.45) is 4.86. The third-order valence-corrected chi connectivity index (χ3v) is 1.23. The molecule has 1 fully saturated rings. The highest BCUT2D eigenvalue weighted by Crippen LogP contribution is 2.30. The van der Waals surface area contributed by atoms with Crippen molar-refractivity contribution in [2.45, 2.75) is 6.10 Å². The van der Waals surface area contributed by atoms with E-state index in [2.05, 4.69) is 0 Å². The molecular formula is C6H4O2. The van der Waals surface area contributed by atoms with E-state index in [9.17, 15) is 4.79 Å². The van der Waals surface area contributed by atoms with Gasteiger partial charge in [0.15, 0.2) is 0 Å². The molecule has 0 aromatic rings. The minimum Gasteiger partial charge on any atom is -0.474 e. The first kappa shape index (κ1) is 3.89. The number of hydrogen-bond donors (Lipinski definition) is 0. The van der Waals surface area contributed by atoms with Crippen LogP contribution in [0.5, 0.6) is 0 Å². The molecule has 1 unspecified atom stereocenters. The van der Waals surface area contributed by atoms with E-state index in [1.165, 1.54) is 6.08 Å². The summed E-state index contributed by atoms with van der Waals surface area (Å²) in [5, 5.41) is 0. The van der Waals surface area contributed by atoms with Crippen LogP contribution in [0, 0.1) is 0 Å². The van der Waals surface area contributed by atoms with Gasteiger partial charge in [-0.3, -0.25) is 4.79 Å². The molecule has 1 heterocycles. The number of ketones is 1. The number of epoxide rings is 1. The van der Waals surface area contributed by atoms with Crippen molar-refractivity contribution in [3.63, 3.8) is 0 Å². The standard InChI is InChI=1S/C6H4O2/c7-4-2-1-3-5-6(4)8-5/h1-3,6H. The Morgan fingerprint density at radius 2 is 2.50 bits per heavy atom. The summed E-state index contributed by atoms with van der Waals surface area (Å²) in [4.78, 5) is 10.6. The molecule has 1 aliphatic heterocycles. The molecule has 0 N–H and O–H groups in total. The molecule has 0 radical (unpaired) electrons. The molecule has 40 valence electrons. The molecule has 2 rings (SSSR count). The summed E-state index contributed by atoms with van der Waals surface area (Å²) in [6.45, 7) is 0. The van der Waals surface area contributed by atoms with E-state index < -0.39 is 0 Å². The zero-order valence-corrected chi connectivity index (χ0v) is 4.13. The quantitative estimate of drug-likeness (QED) is 0.420. The lowest BCUT2D eigenvalue weighted by atomic mass is 10.2. The molecule has 1 atom stereocenters. The normalized spacial score (nSPS) is 30.8. The molecule has 0 bridgehead atoms. The Kier molecular flexibility index (Phi) is 0.497. The van der Waals surface area contributed by atoms with Gasteiger partial charge >= 0.3 is 0 Å². The Balaban J connectivity index is 2.40. The van der Waals surface area contributed by atoms with E-state index in [0.29, 0.717) is 0 Å². The van der Waals surface area contributed by atoms with Crippen LogP contribution >= 0.6 is 0 Å². The Morgan fingerprint density at radius 1 is 1.62 bits per heavy atom. The van der Waals surface area contributed by atoms with Crippen LogP contribution in [-0.4, -0.2) is 11.9 Å². The van der Waals surface area contributed by atoms with Crippen LogP contribution in [0.15, 0.2) is 24.0 Å². The van der Waals surface area contributed by atoms with Crippen molar-refractivity contribution in [1.82, 2.24) is 0 Å². The largest absolute Gasteiger partial charge is 0.474 e. The van der Waals surface area contributed by atoms with Crippen LogP contribution in [0.25, 0.3) is 0 Å². The van der Waals surface area contributed by atoms with Gasteiger partial charge in [0.05, 0.1) is 0 Å². The van der Waals surface area contributed by atoms with Gasteiger partial charge in [-0.1, -0.05) is 6.08 Å². The smallest absolute Gasteiger partial charge is 0.217 e. The van der Waals surface area contributed by atoms with Crippen molar-refractivity contribution >= 4 is 5.78 Å². The molecule has 2 heteroatoms.